The Balaban J connectivity index is 2.03. The van der Waals surface area contributed by atoms with Crippen LogP contribution in [0.15, 0.2) is 47.6 Å². The fourth-order valence-corrected chi connectivity index (χ4v) is 8.00. The summed E-state index contributed by atoms with van der Waals surface area (Å²) < 4.78 is 5.54. The van der Waals surface area contributed by atoms with E-state index in [4.69, 9.17) is 4.74 Å². The molecule has 0 spiro atoms. The summed E-state index contributed by atoms with van der Waals surface area (Å²) in [6.45, 7) is 20.8. The molecule has 3 N–H and O–H groups in total. The van der Waals surface area contributed by atoms with Crippen LogP contribution < -0.4 is 0 Å². The number of rotatable bonds is 11. The third-order valence-electron chi connectivity index (χ3n) is 10.9. The molecule has 0 aromatic rings. The lowest BCUT2D eigenvalue weighted by atomic mass is 9.48. The topological polar surface area (TPSA) is 104 Å². The summed E-state index contributed by atoms with van der Waals surface area (Å²) in [5.74, 6) is -2.71. The van der Waals surface area contributed by atoms with Crippen LogP contribution in [0.3, 0.4) is 0 Å². The van der Waals surface area contributed by atoms with Crippen molar-refractivity contribution in [1.82, 2.24) is 0 Å². The van der Waals surface area contributed by atoms with E-state index < -0.39 is 46.3 Å². The second-order valence-corrected chi connectivity index (χ2v) is 13.2. The van der Waals surface area contributed by atoms with Crippen molar-refractivity contribution in [2.24, 2.45) is 34.0 Å². The molecule has 0 saturated heterocycles. The lowest BCUT2D eigenvalue weighted by molar-refractivity contribution is -0.148. The third-order valence-corrected chi connectivity index (χ3v) is 10.9. The Morgan fingerprint density at radius 2 is 1.76 bits per heavy atom. The van der Waals surface area contributed by atoms with Crippen molar-refractivity contribution in [3.63, 3.8) is 0 Å². The number of ether oxygens (including phenoxy) is 1. The van der Waals surface area contributed by atoms with Gasteiger partial charge in [0.1, 0.15) is 0 Å². The van der Waals surface area contributed by atoms with E-state index in [1.807, 2.05) is 20.8 Å². The number of carbonyl (C=O) groups is 2. The molecule has 1 saturated carbocycles. The van der Waals surface area contributed by atoms with Gasteiger partial charge in [0.25, 0.3) is 0 Å². The van der Waals surface area contributed by atoms with E-state index in [1.54, 1.807) is 7.11 Å². The number of aliphatic hydroxyl groups is 1. The van der Waals surface area contributed by atoms with Crippen LogP contribution in [-0.2, 0) is 14.3 Å². The Labute approximate surface area is 228 Å². The normalized spacial score (nSPS) is 35.4. The minimum atomic E-state index is -0.886. The number of methoxy groups -OCH3 is 1. The van der Waals surface area contributed by atoms with Crippen LogP contribution in [0.1, 0.15) is 86.5 Å². The van der Waals surface area contributed by atoms with Crippen LogP contribution in [-0.4, -0.2) is 46.1 Å². The predicted molar refractivity (Wildman–Crippen MR) is 150 cm³/mol. The highest BCUT2D eigenvalue weighted by atomic mass is 16.5. The maximum atomic E-state index is 12.7. The summed E-state index contributed by atoms with van der Waals surface area (Å²) in [6.07, 6.45) is 7.09. The van der Waals surface area contributed by atoms with Crippen LogP contribution in [0.4, 0.5) is 0 Å². The second kappa shape index (κ2) is 10.4. The summed E-state index contributed by atoms with van der Waals surface area (Å²) in [7, 11) is 1.62. The average Bonchev–Trinajstić information content (AvgIpc) is 3.03. The lowest BCUT2D eigenvalue weighted by Crippen LogP contribution is -2.48. The van der Waals surface area contributed by atoms with Crippen LogP contribution in [0.2, 0.25) is 0 Å². The number of hydrogen-bond donors (Lipinski definition) is 3. The zero-order valence-corrected chi connectivity index (χ0v) is 24.4. The fraction of sp³-hybridized carbons (Fsp3) is 0.688. The Kier molecular flexibility index (Phi) is 8.33. The lowest BCUT2D eigenvalue weighted by Gasteiger charge is -2.56. The molecule has 3 rings (SSSR count). The molecule has 212 valence electrons. The number of aliphatic carboxylic acids is 2. The molecule has 6 nitrogen and oxygen atoms in total. The first kappa shape index (κ1) is 30.4. The average molecular weight is 529 g/mol. The largest absolute Gasteiger partial charge is 0.481 e. The van der Waals surface area contributed by atoms with Crippen LogP contribution in [0.25, 0.3) is 0 Å². The molecule has 38 heavy (non-hydrogen) atoms. The molecule has 0 heterocycles. The molecule has 0 aromatic heterocycles. The first-order valence-corrected chi connectivity index (χ1v) is 13.9. The molecule has 7 atom stereocenters. The van der Waals surface area contributed by atoms with Crippen molar-refractivity contribution in [2.75, 3.05) is 7.11 Å². The summed E-state index contributed by atoms with van der Waals surface area (Å²) in [5, 5.41) is 31.4. The van der Waals surface area contributed by atoms with E-state index in [2.05, 4.69) is 46.1 Å². The molecule has 0 radical (unpaired) electrons. The van der Waals surface area contributed by atoms with Gasteiger partial charge in [0, 0.05) is 24.9 Å². The smallest absolute Gasteiger partial charge is 0.306 e. The summed E-state index contributed by atoms with van der Waals surface area (Å²) in [4.78, 5) is 24.2. The van der Waals surface area contributed by atoms with Gasteiger partial charge < -0.3 is 20.1 Å². The van der Waals surface area contributed by atoms with Gasteiger partial charge in [-0.15, -0.1) is 0 Å². The molecule has 0 amide bonds. The molecule has 6 heteroatoms. The Morgan fingerprint density at radius 3 is 2.29 bits per heavy atom. The van der Waals surface area contributed by atoms with Crippen molar-refractivity contribution in [2.45, 2.75) is 98.2 Å². The Hall–Kier alpha value is -2.18. The zero-order chi connectivity index (χ0) is 28.8. The molecule has 0 aliphatic heterocycles. The summed E-state index contributed by atoms with van der Waals surface area (Å²) in [5.41, 5.74) is 2.38. The molecule has 0 bridgehead atoms. The van der Waals surface area contributed by atoms with Crippen molar-refractivity contribution in [3.05, 3.63) is 47.6 Å². The van der Waals surface area contributed by atoms with Crippen molar-refractivity contribution >= 4 is 11.9 Å². The minimum Gasteiger partial charge on any atom is -0.481 e. The molecule has 3 aliphatic rings. The van der Waals surface area contributed by atoms with Crippen LogP contribution in [0.5, 0.6) is 0 Å². The van der Waals surface area contributed by atoms with Gasteiger partial charge in [0.15, 0.2) is 0 Å². The predicted octanol–water partition coefficient (Wildman–Crippen LogP) is 6.57. The number of allylic oxidation sites excluding steroid dienone is 5. The molecule has 3 aliphatic carbocycles. The van der Waals surface area contributed by atoms with Gasteiger partial charge in [-0.25, -0.2) is 0 Å². The van der Waals surface area contributed by atoms with E-state index in [0.29, 0.717) is 32.1 Å². The highest BCUT2D eigenvalue weighted by molar-refractivity contribution is 5.71. The summed E-state index contributed by atoms with van der Waals surface area (Å²) >= 11 is 0. The third kappa shape index (κ3) is 4.83. The van der Waals surface area contributed by atoms with Gasteiger partial charge in [-0.2, -0.15) is 0 Å². The quantitative estimate of drug-likeness (QED) is 0.262. The highest BCUT2D eigenvalue weighted by Crippen LogP contribution is 2.70. The number of carboxylic acid groups (broad SMARTS) is 2. The standard InChI is InChI=1S/C32H48O6/c1-19(2)22-12-13-24-23(30(22,6)16-15-26(34)35)14-17-31(7)27(25(33)18-32(24,31)8)21(28(36)37)11-10-20(3)29(4,5)38-9/h13-14,21-22,25,27,33H,1,3,10-12,15-18H2,2,4-9H3,(H,34,35)(H,36,37)/t21-,22-,25+,27-,30-,31+,32-/m0/s1. The van der Waals surface area contributed by atoms with E-state index >= 15 is 0 Å². The van der Waals surface area contributed by atoms with E-state index in [9.17, 15) is 24.9 Å². The minimum absolute atomic E-state index is 0.0763. The fourth-order valence-electron chi connectivity index (χ4n) is 8.00. The van der Waals surface area contributed by atoms with E-state index in [0.717, 1.165) is 28.7 Å². The monoisotopic (exact) mass is 528 g/mol. The molecule has 0 unspecified atom stereocenters. The zero-order valence-electron chi connectivity index (χ0n) is 24.4. The van der Waals surface area contributed by atoms with E-state index in [1.165, 1.54) is 0 Å². The number of fused-ring (bicyclic) bond motifs is 3. The first-order chi connectivity index (χ1) is 17.5. The maximum Gasteiger partial charge on any atom is 0.306 e. The second-order valence-electron chi connectivity index (χ2n) is 13.2. The Morgan fingerprint density at radius 1 is 1.13 bits per heavy atom. The SMILES string of the molecule is C=C(C)[C@@H]1CC=C2C(=CC[C@]3(C)[C@@H]([C@H](CCC(=C)C(C)(C)OC)C(=O)O)[C@H](O)C[C@@]23C)[C@@]1(C)CCC(=O)O. The van der Waals surface area contributed by atoms with Gasteiger partial charge in [0.2, 0.25) is 0 Å². The van der Waals surface area contributed by atoms with Crippen LogP contribution in [0, 0.1) is 34.0 Å². The first-order valence-electron chi connectivity index (χ1n) is 13.9. The van der Waals surface area contributed by atoms with Crippen molar-refractivity contribution in [1.29, 1.82) is 0 Å². The maximum absolute atomic E-state index is 12.7. The summed E-state index contributed by atoms with van der Waals surface area (Å²) in [6, 6.07) is 0. The molecular weight excluding hydrogens is 480 g/mol. The van der Waals surface area contributed by atoms with Gasteiger partial charge >= 0.3 is 11.9 Å². The van der Waals surface area contributed by atoms with Gasteiger partial charge in [0.05, 0.1) is 17.6 Å². The van der Waals surface area contributed by atoms with Crippen molar-refractivity contribution in [3.8, 4) is 0 Å². The number of hydrogen-bond acceptors (Lipinski definition) is 4. The highest BCUT2D eigenvalue weighted by Gasteiger charge is 2.65. The Bertz CT molecular complexity index is 1070. The molecule has 0 aromatic carbocycles. The van der Waals surface area contributed by atoms with Gasteiger partial charge in [-0.05, 0) is 92.8 Å². The van der Waals surface area contributed by atoms with Crippen LogP contribution >= 0.6 is 0 Å². The van der Waals surface area contributed by atoms with Gasteiger partial charge in [-0.1, -0.05) is 51.7 Å². The van der Waals surface area contributed by atoms with Crippen molar-refractivity contribution < 1.29 is 29.6 Å². The number of aliphatic hydroxyl groups excluding tert-OH is 1. The number of carboxylic acids is 2. The van der Waals surface area contributed by atoms with Gasteiger partial charge in [-0.3, -0.25) is 9.59 Å². The van der Waals surface area contributed by atoms with E-state index in [-0.39, 0.29) is 17.8 Å². The molecule has 1 fully saturated rings. The molecular formula is C32H48O6.